The molecule has 94 valence electrons. The summed E-state index contributed by atoms with van der Waals surface area (Å²) >= 11 is 0. The van der Waals surface area contributed by atoms with Crippen molar-refractivity contribution in [3.8, 4) is 0 Å². The minimum atomic E-state index is 0. The fraction of sp³-hybridized carbons (Fsp3) is 0.750. The van der Waals surface area contributed by atoms with Crippen molar-refractivity contribution in [1.82, 2.24) is 0 Å². The summed E-state index contributed by atoms with van der Waals surface area (Å²) in [5.41, 5.74) is 0. The van der Waals surface area contributed by atoms with E-state index in [0.29, 0.717) is 0 Å². The van der Waals surface area contributed by atoms with E-state index in [0.717, 1.165) is 12.8 Å². The molecule has 15 heavy (non-hydrogen) atoms. The molecule has 0 spiro atoms. The molecular weight excluding hydrogens is 873 g/mol. The van der Waals surface area contributed by atoms with Gasteiger partial charge < -0.3 is 95.9 Å². The molecule has 0 saturated carbocycles. The van der Waals surface area contributed by atoms with Gasteiger partial charge in [-0.3, -0.25) is 0 Å². The third-order valence-corrected chi connectivity index (χ3v) is 0.707. The van der Waals surface area contributed by atoms with Crippen LogP contribution in [0.2, 0.25) is 0 Å². The smallest absolute Gasteiger partial charge is 1.00 e. The molecule has 0 saturated heterocycles. The number of unbranched alkanes of at least 4 members (excludes halogenated alkanes) is 2. The first-order valence-electron chi connectivity index (χ1n) is 3.41. The largest absolute Gasteiger partial charge is 2.00 e. The maximum absolute atomic E-state index is 3.60. The minimum Gasteiger partial charge on any atom is -1.00 e. The summed E-state index contributed by atoms with van der Waals surface area (Å²) in [6.45, 7) is 11.4. The van der Waals surface area contributed by atoms with Crippen LogP contribution in [0.5, 0.6) is 0 Å². The molecule has 0 aliphatic heterocycles. The fourth-order valence-corrected chi connectivity index (χ4v) is 0. The molecule has 0 aromatic heterocycles. The van der Waals surface area contributed by atoms with E-state index in [1.54, 1.807) is 0 Å². The maximum Gasteiger partial charge on any atom is 2.00 e. The van der Waals surface area contributed by atoms with Crippen molar-refractivity contribution >= 4 is 61.3 Å². The average Bonchev–Trinajstić information content (AvgIpc) is 1.88. The normalized spacial score (nSPS) is 4.00. The second-order valence-electron chi connectivity index (χ2n) is 1.71. The van der Waals surface area contributed by atoms with Gasteiger partial charge in [-0.2, -0.15) is 13.5 Å². The third kappa shape index (κ3) is 114. The second-order valence-corrected chi connectivity index (χ2v) is 1.71. The van der Waals surface area contributed by atoms with E-state index in [-0.39, 0.29) is 157 Å². The molecule has 0 amide bonds. The van der Waals surface area contributed by atoms with E-state index in [4.69, 9.17) is 0 Å². The van der Waals surface area contributed by atoms with Crippen LogP contribution in [0.15, 0.2) is 0 Å². The maximum atomic E-state index is 3.60. The molecule has 0 heterocycles. The zero-order chi connectivity index (χ0) is 6.83. The zero-order valence-electron chi connectivity index (χ0n) is 9.25. The Morgan fingerprint density at radius 1 is 0.667 bits per heavy atom. The predicted octanol–water partition coefficient (Wildman–Crippen LogP) is -9.39. The van der Waals surface area contributed by atoms with E-state index in [2.05, 4.69) is 27.7 Å². The van der Waals surface area contributed by atoms with Gasteiger partial charge in [0.1, 0.15) is 0 Å². The SMILES string of the molecule is S.[CH2]CCC.[CH2]CCC.[I-].[I-].[I-].[I-].[Sn+2].[Sn+2]. The molecule has 0 N–H and O–H groups in total. The van der Waals surface area contributed by atoms with Gasteiger partial charge in [-0.15, -0.1) is 0 Å². The van der Waals surface area contributed by atoms with Crippen molar-refractivity contribution in [2.75, 3.05) is 0 Å². The summed E-state index contributed by atoms with van der Waals surface area (Å²) in [4.78, 5) is 0. The quantitative estimate of drug-likeness (QED) is 0.191. The topological polar surface area (TPSA) is 0 Å². The van der Waals surface area contributed by atoms with E-state index in [1.807, 2.05) is 0 Å². The van der Waals surface area contributed by atoms with Gasteiger partial charge in [0.2, 0.25) is 0 Å². The fourth-order valence-electron chi connectivity index (χ4n) is 0. The van der Waals surface area contributed by atoms with Gasteiger partial charge in [-0.1, -0.05) is 53.4 Å². The molecular formula is C8H20I4SSn2. The molecule has 0 fully saturated rings. The van der Waals surface area contributed by atoms with E-state index < -0.39 is 0 Å². The summed E-state index contributed by atoms with van der Waals surface area (Å²) in [6.07, 6.45) is 4.56. The first-order valence-corrected chi connectivity index (χ1v) is 3.41. The molecule has 6 radical (unpaired) electrons. The Morgan fingerprint density at radius 2 is 0.733 bits per heavy atom. The van der Waals surface area contributed by atoms with Crippen molar-refractivity contribution in [1.29, 1.82) is 0 Å². The number of hydrogen-bond donors (Lipinski definition) is 0. The number of rotatable bonds is 2. The molecule has 7 heteroatoms. The zero-order valence-corrected chi connectivity index (χ0v) is 24.6. The summed E-state index contributed by atoms with van der Waals surface area (Å²) < 4.78 is 0. The van der Waals surface area contributed by atoms with Gasteiger partial charge in [-0.05, 0) is 0 Å². The van der Waals surface area contributed by atoms with Crippen molar-refractivity contribution in [2.45, 2.75) is 39.5 Å². The van der Waals surface area contributed by atoms with Gasteiger partial charge >= 0.3 is 47.8 Å². The molecule has 0 aliphatic rings. The average molecular weight is 893 g/mol. The van der Waals surface area contributed by atoms with E-state index >= 15 is 0 Å². The minimum absolute atomic E-state index is 0. The molecule has 0 aliphatic carbocycles. The van der Waals surface area contributed by atoms with Crippen LogP contribution in [0, 0.1) is 13.8 Å². The second kappa shape index (κ2) is 76.6. The van der Waals surface area contributed by atoms with E-state index in [9.17, 15) is 0 Å². The molecule has 0 bridgehead atoms. The van der Waals surface area contributed by atoms with Crippen molar-refractivity contribution in [3.05, 3.63) is 13.8 Å². The van der Waals surface area contributed by atoms with Crippen molar-refractivity contribution in [2.24, 2.45) is 0 Å². The van der Waals surface area contributed by atoms with Crippen LogP contribution in [0.4, 0.5) is 0 Å². The van der Waals surface area contributed by atoms with E-state index in [1.165, 1.54) is 12.8 Å². The van der Waals surface area contributed by atoms with Crippen LogP contribution in [-0.2, 0) is 0 Å². The Labute approximate surface area is 206 Å². The van der Waals surface area contributed by atoms with Gasteiger partial charge in [0, 0.05) is 0 Å². The number of hydrogen-bond acceptors (Lipinski definition) is 0. The molecule has 0 aromatic rings. The van der Waals surface area contributed by atoms with Gasteiger partial charge in [0.15, 0.2) is 0 Å². The summed E-state index contributed by atoms with van der Waals surface area (Å²) in [7, 11) is 0. The molecule has 0 atom stereocenters. The Hall–Kier alpha value is 4.87. The monoisotopic (exact) mass is 896 g/mol. The van der Waals surface area contributed by atoms with Crippen LogP contribution in [0.1, 0.15) is 39.5 Å². The van der Waals surface area contributed by atoms with Crippen LogP contribution in [-0.4, -0.2) is 47.8 Å². The molecule has 0 rings (SSSR count). The predicted molar refractivity (Wildman–Crippen MR) is 62.4 cm³/mol. The first kappa shape index (κ1) is 59.9. The van der Waals surface area contributed by atoms with Gasteiger partial charge in [0.25, 0.3) is 0 Å². The first-order chi connectivity index (χ1) is 3.83. The van der Waals surface area contributed by atoms with Crippen LogP contribution >= 0.6 is 13.5 Å². The molecule has 0 aromatic carbocycles. The number of halogens is 4. The van der Waals surface area contributed by atoms with Crippen LogP contribution < -0.4 is 95.9 Å². The Morgan fingerprint density at radius 3 is 0.733 bits per heavy atom. The Bertz CT molecular complexity index is 32.6. The van der Waals surface area contributed by atoms with Crippen LogP contribution in [0.3, 0.4) is 0 Å². The third-order valence-electron chi connectivity index (χ3n) is 0.707. The van der Waals surface area contributed by atoms with Gasteiger partial charge in [0.05, 0.1) is 0 Å². The van der Waals surface area contributed by atoms with Gasteiger partial charge in [-0.25, -0.2) is 0 Å². The van der Waals surface area contributed by atoms with Crippen molar-refractivity contribution in [3.63, 3.8) is 0 Å². The Balaban J connectivity index is -0.00000000468. The summed E-state index contributed by atoms with van der Waals surface area (Å²) in [5, 5.41) is 0. The van der Waals surface area contributed by atoms with Crippen LogP contribution in [0.25, 0.3) is 0 Å². The molecule has 0 nitrogen and oxygen atoms in total. The molecule has 0 unspecified atom stereocenters. The van der Waals surface area contributed by atoms with Crippen molar-refractivity contribution < 1.29 is 95.9 Å². The standard InChI is InChI=1S/2C4H9.4HI.H2S.2Sn/c2*1-3-4-2;;;;;;;/h2*1,3-4H2,2H3;4*1H;1H2;;/q;;;;;;;2*+2/p-4. The summed E-state index contributed by atoms with van der Waals surface area (Å²) in [5.74, 6) is 0. The summed E-state index contributed by atoms with van der Waals surface area (Å²) in [6, 6.07) is 0. The Kier molecular flexibility index (Phi) is 306.